The van der Waals surface area contributed by atoms with Gasteiger partial charge in [-0.15, -0.1) is 11.3 Å². The Labute approximate surface area is 300 Å². The highest BCUT2D eigenvalue weighted by Gasteiger charge is 2.39. The van der Waals surface area contributed by atoms with E-state index >= 15 is 0 Å². The third-order valence-electron chi connectivity index (χ3n) is 9.33. The molecule has 0 unspecified atom stereocenters. The van der Waals surface area contributed by atoms with Gasteiger partial charge in [-0.25, -0.2) is 0 Å². The van der Waals surface area contributed by atoms with Gasteiger partial charge in [0, 0.05) is 41.1 Å². The molecule has 0 spiro atoms. The van der Waals surface area contributed by atoms with E-state index in [4.69, 9.17) is 14.6 Å². The fraction of sp³-hybridized carbons (Fsp3) is 0.342. The number of phenols is 2. The molecule has 4 aromatic rings. The maximum Gasteiger partial charge on any atom is 0.290 e. The van der Waals surface area contributed by atoms with Gasteiger partial charge in [-0.3, -0.25) is 14.4 Å². The van der Waals surface area contributed by atoms with Crippen molar-refractivity contribution < 1.29 is 39.5 Å². The topological polar surface area (TPSA) is 181 Å². The summed E-state index contributed by atoms with van der Waals surface area (Å²) in [6.07, 6.45) is 2.49. The molecule has 0 saturated carbocycles. The van der Waals surface area contributed by atoms with Gasteiger partial charge in [0.25, 0.3) is 18.3 Å². The molecule has 1 fully saturated rings. The fourth-order valence-corrected chi connectivity index (χ4v) is 7.55. The number of carboxylic acid groups (broad SMARTS) is 1. The van der Waals surface area contributed by atoms with Crippen molar-refractivity contribution in [2.75, 3.05) is 45.2 Å². The average molecular weight is 717 g/mol. The molecule has 3 heterocycles. The van der Waals surface area contributed by atoms with Crippen LogP contribution in [0.4, 0.5) is 5.69 Å². The Kier molecular flexibility index (Phi) is 12.7. The number of fused-ring (bicyclic) bond motifs is 1. The number of carbonyl (C=O) groups excluding carboxylic acids is 2. The van der Waals surface area contributed by atoms with E-state index in [9.17, 15) is 24.9 Å². The van der Waals surface area contributed by atoms with E-state index in [-0.39, 0.29) is 54.0 Å². The molecule has 12 nitrogen and oxygen atoms in total. The monoisotopic (exact) mass is 716 g/mol. The van der Waals surface area contributed by atoms with E-state index in [1.54, 1.807) is 12.1 Å². The number of phenolic OH excluding ortho intramolecular Hbond substituents is 2. The first-order chi connectivity index (χ1) is 24.6. The highest BCUT2D eigenvalue weighted by Crippen LogP contribution is 2.45. The molecule has 51 heavy (non-hydrogen) atoms. The molecule has 7 N–H and O–H groups in total. The lowest BCUT2D eigenvalue weighted by Gasteiger charge is -2.42. The van der Waals surface area contributed by atoms with Crippen molar-refractivity contribution >= 4 is 35.3 Å². The zero-order chi connectivity index (χ0) is 36.4. The van der Waals surface area contributed by atoms with Crippen LogP contribution in [0.15, 0.2) is 72.8 Å². The number of thiophene rings is 1. The smallest absolute Gasteiger partial charge is 0.290 e. The highest BCUT2D eigenvalue weighted by atomic mass is 32.1. The lowest BCUT2D eigenvalue weighted by atomic mass is 9.67. The van der Waals surface area contributed by atoms with Crippen molar-refractivity contribution in [3.05, 3.63) is 105 Å². The quantitative estimate of drug-likeness (QED) is 0.0632. The largest absolute Gasteiger partial charge is 0.508 e. The summed E-state index contributed by atoms with van der Waals surface area (Å²) in [5.74, 6) is -0.0200. The number of amides is 2. The van der Waals surface area contributed by atoms with Crippen LogP contribution in [0.5, 0.6) is 17.2 Å². The maximum atomic E-state index is 12.9. The SMILES string of the molecule is CN1CCC(c2ccccc2)(c2cc(CCCNC(=O)c3ccc(CNC[C@H](O)c4ccc(O)c5c4OCC(=O)N5)s3)ccc2O)CC1.O=CO. The van der Waals surface area contributed by atoms with Crippen molar-refractivity contribution in [1.29, 1.82) is 0 Å². The number of aryl methyl sites for hydroxylation is 1. The number of aromatic hydroxyl groups is 2. The van der Waals surface area contributed by atoms with Crippen LogP contribution in [0.3, 0.4) is 0 Å². The summed E-state index contributed by atoms with van der Waals surface area (Å²) in [4.78, 5) is 36.8. The number of rotatable bonds is 12. The van der Waals surface area contributed by atoms with Crippen LogP contribution in [-0.4, -0.2) is 83.4 Å². The Morgan fingerprint density at radius 3 is 2.53 bits per heavy atom. The van der Waals surface area contributed by atoms with E-state index in [1.807, 2.05) is 24.3 Å². The minimum absolute atomic E-state index is 0.123. The molecule has 0 bridgehead atoms. The van der Waals surface area contributed by atoms with Crippen LogP contribution in [0.25, 0.3) is 0 Å². The molecule has 13 heteroatoms. The van der Waals surface area contributed by atoms with Crippen molar-refractivity contribution in [2.24, 2.45) is 0 Å². The number of nitrogens with zero attached hydrogens (tertiary/aromatic N) is 1. The molecule has 0 aliphatic carbocycles. The number of aliphatic hydroxyl groups is 1. The van der Waals surface area contributed by atoms with E-state index in [0.717, 1.165) is 54.8 Å². The predicted molar refractivity (Wildman–Crippen MR) is 195 cm³/mol. The molecular formula is C38H44N4O8S. The summed E-state index contributed by atoms with van der Waals surface area (Å²) >= 11 is 1.39. The van der Waals surface area contributed by atoms with Gasteiger partial charge >= 0.3 is 0 Å². The number of hydrogen-bond acceptors (Lipinski definition) is 10. The van der Waals surface area contributed by atoms with E-state index < -0.39 is 6.10 Å². The summed E-state index contributed by atoms with van der Waals surface area (Å²) in [6.45, 7) is 2.68. The van der Waals surface area contributed by atoms with Crippen LogP contribution in [0.1, 0.15) is 62.2 Å². The van der Waals surface area contributed by atoms with Crippen molar-refractivity contribution in [1.82, 2.24) is 15.5 Å². The average Bonchev–Trinajstić information content (AvgIpc) is 3.61. The van der Waals surface area contributed by atoms with Gasteiger partial charge in [0.2, 0.25) is 0 Å². The second kappa shape index (κ2) is 17.3. The van der Waals surface area contributed by atoms with Crippen LogP contribution in [-0.2, 0) is 28.0 Å². The first kappa shape index (κ1) is 37.3. The first-order valence-electron chi connectivity index (χ1n) is 16.8. The Morgan fingerprint density at radius 2 is 1.78 bits per heavy atom. The van der Waals surface area contributed by atoms with Crippen LogP contribution in [0, 0.1) is 0 Å². The number of ether oxygens (including phenoxy) is 1. The minimum Gasteiger partial charge on any atom is -0.508 e. The zero-order valence-electron chi connectivity index (χ0n) is 28.4. The zero-order valence-corrected chi connectivity index (χ0v) is 29.2. The van der Waals surface area contributed by atoms with Crippen LogP contribution >= 0.6 is 11.3 Å². The number of benzene rings is 3. The second-order valence-electron chi connectivity index (χ2n) is 12.7. The molecule has 0 radical (unpaired) electrons. The molecule has 3 aromatic carbocycles. The number of likely N-dealkylation sites (tertiary alicyclic amines) is 1. The fourth-order valence-electron chi connectivity index (χ4n) is 6.65. The lowest BCUT2D eigenvalue weighted by Crippen LogP contribution is -2.41. The van der Waals surface area contributed by atoms with Gasteiger partial charge in [-0.2, -0.15) is 0 Å². The van der Waals surface area contributed by atoms with Gasteiger partial charge in [0.15, 0.2) is 12.4 Å². The first-order valence-corrected chi connectivity index (χ1v) is 17.7. The second-order valence-corrected chi connectivity index (χ2v) is 13.9. The molecular weight excluding hydrogens is 673 g/mol. The summed E-state index contributed by atoms with van der Waals surface area (Å²) in [5.41, 5.74) is 3.75. The van der Waals surface area contributed by atoms with Crippen LogP contribution < -0.4 is 20.7 Å². The Hall–Kier alpha value is -4.95. The molecule has 2 aliphatic rings. The number of anilines is 1. The van der Waals surface area contributed by atoms with Gasteiger partial charge < -0.3 is 46.0 Å². The molecule has 2 aliphatic heterocycles. The van der Waals surface area contributed by atoms with E-state index in [0.29, 0.717) is 29.3 Å². The normalized spacial score (nSPS) is 15.7. The molecule has 1 saturated heterocycles. The van der Waals surface area contributed by atoms with E-state index in [1.165, 1.54) is 23.0 Å². The summed E-state index contributed by atoms with van der Waals surface area (Å²) in [7, 11) is 2.14. The molecule has 270 valence electrons. The predicted octanol–water partition coefficient (Wildman–Crippen LogP) is 4.39. The number of aliphatic hydroxyl groups excluding tert-OH is 1. The molecule has 1 aromatic heterocycles. The molecule has 6 rings (SSSR count). The molecule has 2 amide bonds. The third-order valence-corrected chi connectivity index (χ3v) is 10.4. The number of nitrogens with one attached hydrogen (secondary N) is 3. The van der Waals surface area contributed by atoms with Crippen molar-refractivity contribution in [3.63, 3.8) is 0 Å². The molecule has 1 atom stereocenters. The maximum absolute atomic E-state index is 12.9. The van der Waals surface area contributed by atoms with Crippen molar-refractivity contribution in [3.8, 4) is 17.2 Å². The van der Waals surface area contributed by atoms with Gasteiger partial charge in [0.1, 0.15) is 17.2 Å². The van der Waals surface area contributed by atoms with E-state index in [2.05, 4.69) is 58.2 Å². The minimum atomic E-state index is -0.935. The highest BCUT2D eigenvalue weighted by molar-refractivity contribution is 7.14. The van der Waals surface area contributed by atoms with Crippen LogP contribution in [0.2, 0.25) is 0 Å². The summed E-state index contributed by atoms with van der Waals surface area (Å²) in [5, 5.41) is 47.6. The van der Waals surface area contributed by atoms with Gasteiger partial charge in [0.05, 0.1) is 11.0 Å². The number of carbonyl (C=O) groups is 3. The Bertz CT molecular complexity index is 1810. The lowest BCUT2D eigenvalue weighted by molar-refractivity contribution is -0.123. The standard InChI is InChI=1S/C37H42N4O6S.CH2O2/c1-41-18-15-37(16-19-41,25-7-3-2-4-8-25)28-20-24(9-12-29(28)42)6-5-17-39-36(46)32-14-10-26(48-32)21-38-22-31(44)27-11-13-30(43)34-35(27)47-23-33(45)40-34;2-1-3/h2-4,7-14,20,31,38,42-44H,5-6,15-19,21-23H2,1H3,(H,39,46)(H,40,45);1H,(H,2,3)/t31-;/m0./s1. The van der Waals surface area contributed by atoms with Crippen molar-refractivity contribution in [2.45, 2.75) is 43.7 Å². The summed E-state index contributed by atoms with van der Waals surface area (Å²) < 4.78 is 5.47. The third kappa shape index (κ3) is 9.05. The van der Waals surface area contributed by atoms with Gasteiger partial charge in [-0.05, 0) is 87.3 Å². The number of hydrogen-bond donors (Lipinski definition) is 7. The summed E-state index contributed by atoms with van der Waals surface area (Å²) in [6, 6.07) is 23.1. The Balaban J connectivity index is 0.00000162. The Morgan fingerprint density at radius 1 is 1.06 bits per heavy atom. The van der Waals surface area contributed by atoms with Gasteiger partial charge in [-0.1, -0.05) is 42.5 Å². The number of piperidine rings is 1.